The fourth-order valence-electron chi connectivity index (χ4n) is 3.64. The molecule has 10 heteroatoms. The highest BCUT2D eigenvalue weighted by atomic mass is 79.9. The highest BCUT2D eigenvalue weighted by Gasteiger charge is 2.32. The minimum Gasteiger partial charge on any atom is -0.326 e. The van der Waals surface area contributed by atoms with E-state index in [2.05, 4.69) is 36.0 Å². The Balaban J connectivity index is 1.45. The molecule has 146 valence electrons. The number of carbonyl (C=O) groups is 1. The van der Waals surface area contributed by atoms with Gasteiger partial charge in [0.05, 0.1) is 22.4 Å². The molecule has 5 rings (SSSR count). The van der Waals surface area contributed by atoms with Crippen LogP contribution in [0.2, 0.25) is 0 Å². The Hall–Kier alpha value is -3.14. The lowest BCUT2D eigenvalue weighted by atomic mass is 10.1. The summed E-state index contributed by atoms with van der Waals surface area (Å²) in [6.45, 7) is 3.03. The lowest BCUT2D eigenvalue weighted by Gasteiger charge is -2.34. The zero-order valence-corrected chi connectivity index (χ0v) is 16.9. The van der Waals surface area contributed by atoms with E-state index in [1.807, 2.05) is 11.5 Å². The standard InChI is InChI=1S/C19H15BrFN7O/c1-11-18-24-9-15(12-2-3-16(21)22-7-12)27(18)5-4-26(11)19(29)14-6-17-23-8-13(20)10-28(17)25-14/h2-3,6-11H,4-5H2,1H3. The van der Waals surface area contributed by atoms with Crippen molar-refractivity contribution >= 4 is 27.5 Å². The number of aromatic nitrogens is 6. The summed E-state index contributed by atoms with van der Waals surface area (Å²) >= 11 is 3.35. The molecular formula is C19H15BrFN7O. The van der Waals surface area contributed by atoms with Gasteiger partial charge in [-0.2, -0.15) is 9.49 Å². The van der Waals surface area contributed by atoms with Crippen LogP contribution < -0.4 is 0 Å². The number of pyridine rings is 1. The topological polar surface area (TPSA) is 81.2 Å². The fraction of sp³-hybridized carbons (Fsp3) is 0.211. The maximum Gasteiger partial charge on any atom is 0.275 e. The molecule has 0 aliphatic carbocycles. The van der Waals surface area contributed by atoms with E-state index in [-0.39, 0.29) is 11.9 Å². The Labute approximate surface area is 173 Å². The lowest BCUT2D eigenvalue weighted by Crippen LogP contribution is -2.41. The van der Waals surface area contributed by atoms with Crippen LogP contribution in [0.4, 0.5) is 4.39 Å². The van der Waals surface area contributed by atoms with Gasteiger partial charge < -0.3 is 9.47 Å². The van der Waals surface area contributed by atoms with Crippen LogP contribution in [0.5, 0.6) is 0 Å². The molecule has 5 heterocycles. The summed E-state index contributed by atoms with van der Waals surface area (Å²) in [5.74, 6) is 0.0816. The summed E-state index contributed by atoms with van der Waals surface area (Å²) in [5, 5.41) is 4.36. The molecule has 1 aliphatic heterocycles. The molecule has 29 heavy (non-hydrogen) atoms. The molecule has 0 bridgehead atoms. The van der Waals surface area contributed by atoms with E-state index in [1.165, 1.54) is 12.3 Å². The monoisotopic (exact) mass is 455 g/mol. The van der Waals surface area contributed by atoms with Crippen molar-refractivity contribution in [1.82, 2.24) is 34.0 Å². The molecule has 1 aliphatic rings. The third-order valence-electron chi connectivity index (χ3n) is 5.08. The lowest BCUT2D eigenvalue weighted by molar-refractivity contribution is 0.0632. The molecule has 1 unspecified atom stereocenters. The van der Waals surface area contributed by atoms with Crippen molar-refractivity contribution < 1.29 is 9.18 Å². The number of hydrogen-bond donors (Lipinski definition) is 0. The van der Waals surface area contributed by atoms with Gasteiger partial charge in [-0.1, -0.05) is 0 Å². The Morgan fingerprint density at radius 2 is 2.03 bits per heavy atom. The number of rotatable bonds is 2. The summed E-state index contributed by atoms with van der Waals surface area (Å²) in [7, 11) is 0. The van der Waals surface area contributed by atoms with Crippen LogP contribution in [0.25, 0.3) is 16.9 Å². The molecule has 4 aromatic rings. The number of hydrogen-bond acceptors (Lipinski definition) is 5. The van der Waals surface area contributed by atoms with E-state index in [0.29, 0.717) is 24.4 Å². The molecule has 0 saturated carbocycles. The zero-order chi connectivity index (χ0) is 20.1. The average Bonchev–Trinajstić information content (AvgIpc) is 3.33. The van der Waals surface area contributed by atoms with E-state index < -0.39 is 5.95 Å². The molecular weight excluding hydrogens is 441 g/mol. The van der Waals surface area contributed by atoms with Gasteiger partial charge in [0, 0.05) is 43.3 Å². The van der Waals surface area contributed by atoms with Gasteiger partial charge in [0.2, 0.25) is 5.95 Å². The average molecular weight is 456 g/mol. The van der Waals surface area contributed by atoms with Crippen molar-refractivity contribution in [3.05, 3.63) is 64.9 Å². The second-order valence-corrected chi connectivity index (χ2v) is 7.72. The third kappa shape index (κ3) is 3.00. The van der Waals surface area contributed by atoms with Crippen molar-refractivity contribution in [2.45, 2.75) is 19.5 Å². The first-order valence-corrected chi connectivity index (χ1v) is 9.80. The number of imidazole rings is 1. The van der Waals surface area contributed by atoms with Crippen molar-refractivity contribution in [2.75, 3.05) is 6.54 Å². The van der Waals surface area contributed by atoms with Gasteiger partial charge in [-0.05, 0) is 35.0 Å². The molecule has 0 aromatic carbocycles. The molecule has 0 fully saturated rings. The first-order chi connectivity index (χ1) is 14.0. The number of carbonyl (C=O) groups excluding carboxylic acids is 1. The number of halogens is 2. The van der Waals surface area contributed by atoms with E-state index >= 15 is 0 Å². The van der Waals surface area contributed by atoms with Crippen LogP contribution in [0.1, 0.15) is 29.3 Å². The van der Waals surface area contributed by atoms with Crippen LogP contribution >= 0.6 is 15.9 Å². The highest BCUT2D eigenvalue weighted by Crippen LogP contribution is 2.30. The van der Waals surface area contributed by atoms with Crippen LogP contribution in [0.15, 0.2) is 47.5 Å². The minimum absolute atomic E-state index is 0.168. The van der Waals surface area contributed by atoms with Crippen molar-refractivity contribution in [3.8, 4) is 11.3 Å². The Bertz CT molecular complexity index is 1230. The zero-order valence-electron chi connectivity index (χ0n) is 15.3. The second kappa shape index (κ2) is 6.73. The van der Waals surface area contributed by atoms with E-state index in [9.17, 15) is 9.18 Å². The summed E-state index contributed by atoms with van der Waals surface area (Å²) in [4.78, 5) is 27.4. The first kappa shape index (κ1) is 17.9. The maximum atomic E-state index is 13.1. The van der Waals surface area contributed by atoms with Crippen LogP contribution in [0.3, 0.4) is 0 Å². The summed E-state index contributed by atoms with van der Waals surface area (Å²) in [6, 6.07) is 4.45. The molecule has 1 amide bonds. The molecule has 0 spiro atoms. The Morgan fingerprint density at radius 3 is 2.83 bits per heavy atom. The second-order valence-electron chi connectivity index (χ2n) is 6.80. The molecule has 1 atom stereocenters. The van der Waals surface area contributed by atoms with Crippen LogP contribution in [-0.4, -0.2) is 46.5 Å². The third-order valence-corrected chi connectivity index (χ3v) is 5.49. The predicted octanol–water partition coefficient (Wildman–Crippen LogP) is 3.11. The SMILES string of the molecule is CC1c2ncc(-c3ccc(F)nc3)n2CCN1C(=O)c1cc2ncc(Br)cn2n1. The van der Waals surface area contributed by atoms with Gasteiger partial charge >= 0.3 is 0 Å². The van der Waals surface area contributed by atoms with Gasteiger partial charge in [0.15, 0.2) is 11.3 Å². The maximum absolute atomic E-state index is 13.1. The van der Waals surface area contributed by atoms with E-state index in [4.69, 9.17) is 0 Å². The molecule has 8 nitrogen and oxygen atoms in total. The van der Waals surface area contributed by atoms with Gasteiger partial charge in [-0.25, -0.2) is 19.5 Å². The number of amides is 1. The van der Waals surface area contributed by atoms with Gasteiger partial charge in [-0.15, -0.1) is 0 Å². The largest absolute Gasteiger partial charge is 0.326 e. The van der Waals surface area contributed by atoms with Gasteiger partial charge in [0.1, 0.15) is 5.82 Å². The summed E-state index contributed by atoms with van der Waals surface area (Å²) in [5.41, 5.74) is 2.58. The van der Waals surface area contributed by atoms with Gasteiger partial charge in [-0.3, -0.25) is 4.79 Å². The molecule has 0 N–H and O–H groups in total. The highest BCUT2D eigenvalue weighted by molar-refractivity contribution is 9.10. The Morgan fingerprint density at radius 1 is 1.17 bits per heavy atom. The number of nitrogens with zero attached hydrogens (tertiary/aromatic N) is 7. The van der Waals surface area contributed by atoms with Crippen LogP contribution in [-0.2, 0) is 6.54 Å². The smallest absolute Gasteiger partial charge is 0.275 e. The van der Waals surface area contributed by atoms with Crippen molar-refractivity contribution in [1.29, 1.82) is 0 Å². The fourth-order valence-corrected chi connectivity index (χ4v) is 3.94. The summed E-state index contributed by atoms with van der Waals surface area (Å²) < 4.78 is 17.5. The molecule has 4 aromatic heterocycles. The van der Waals surface area contributed by atoms with E-state index in [1.54, 1.807) is 40.1 Å². The summed E-state index contributed by atoms with van der Waals surface area (Å²) in [6.07, 6.45) is 6.65. The van der Waals surface area contributed by atoms with Crippen LogP contribution in [0, 0.1) is 5.95 Å². The molecule has 0 saturated heterocycles. The van der Waals surface area contributed by atoms with Crippen molar-refractivity contribution in [3.63, 3.8) is 0 Å². The first-order valence-electron chi connectivity index (χ1n) is 9.00. The quantitative estimate of drug-likeness (QED) is 0.433. The van der Waals surface area contributed by atoms with E-state index in [0.717, 1.165) is 21.6 Å². The molecule has 0 radical (unpaired) electrons. The predicted molar refractivity (Wildman–Crippen MR) is 106 cm³/mol. The van der Waals surface area contributed by atoms with Gasteiger partial charge in [0.25, 0.3) is 5.91 Å². The van der Waals surface area contributed by atoms with Crippen molar-refractivity contribution in [2.24, 2.45) is 0 Å². The number of fused-ring (bicyclic) bond motifs is 2. The normalized spacial score (nSPS) is 16.2. The Kier molecular flexibility index (Phi) is 4.16. The minimum atomic E-state index is -0.522.